The van der Waals surface area contributed by atoms with Gasteiger partial charge >= 0.3 is 5.97 Å². The van der Waals surface area contributed by atoms with E-state index < -0.39 is 16.6 Å². The number of carbonyl (C=O) groups is 1. The maximum atomic E-state index is 13.5. The highest BCUT2D eigenvalue weighted by molar-refractivity contribution is 5.85. The van der Waals surface area contributed by atoms with Crippen molar-refractivity contribution in [2.75, 3.05) is 32.2 Å². The molecule has 0 aromatic heterocycles. The summed E-state index contributed by atoms with van der Waals surface area (Å²) in [4.78, 5) is 13.5. The number of benzene rings is 1. The molecule has 5 rings (SSSR count). The van der Waals surface area contributed by atoms with Crippen molar-refractivity contribution >= 4 is 11.7 Å². The van der Waals surface area contributed by atoms with Gasteiger partial charge in [-0.2, -0.15) is 0 Å². The minimum atomic E-state index is -1.09. The second kappa shape index (κ2) is 5.56. The van der Waals surface area contributed by atoms with Gasteiger partial charge in [0, 0.05) is 18.2 Å². The molecule has 0 amide bonds. The van der Waals surface area contributed by atoms with Crippen molar-refractivity contribution in [2.24, 2.45) is 11.3 Å². The number of aliphatic hydroxyl groups is 1. The SMILES string of the molecule is CC=C1CN[C@@H]2C[C@H]1[C@](CO)(C(=O)OC)[C@]13CCO[C@]21Nc1ccccc13. The summed E-state index contributed by atoms with van der Waals surface area (Å²) in [5.74, 6) is -0.433. The van der Waals surface area contributed by atoms with Crippen LogP contribution in [0.5, 0.6) is 0 Å². The zero-order chi connectivity index (χ0) is 18.9. The number of fused-ring (bicyclic) bond motifs is 3. The molecule has 3 heterocycles. The summed E-state index contributed by atoms with van der Waals surface area (Å²) in [6.07, 6.45) is 3.46. The Morgan fingerprint density at radius 3 is 3.00 bits per heavy atom. The number of hydrogen-bond acceptors (Lipinski definition) is 6. The lowest BCUT2D eigenvalue weighted by molar-refractivity contribution is -0.192. The largest absolute Gasteiger partial charge is 0.468 e. The van der Waals surface area contributed by atoms with E-state index in [-0.39, 0.29) is 24.5 Å². The van der Waals surface area contributed by atoms with Gasteiger partial charge in [0.15, 0.2) is 5.72 Å². The molecule has 0 unspecified atom stereocenters. The summed E-state index contributed by atoms with van der Waals surface area (Å²) >= 11 is 0. The van der Waals surface area contributed by atoms with Crippen LogP contribution in [0.25, 0.3) is 0 Å². The number of piperidine rings is 1. The number of hydrogen-bond donors (Lipinski definition) is 3. The Morgan fingerprint density at radius 1 is 1.44 bits per heavy atom. The van der Waals surface area contributed by atoms with Crippen LogP contribution in [0.1, 0.15) is 25.3 Å². The second-order valence-corrected chi connectivity index (χ2v) is 8.12. The van der Waals surface area contributed by atoms with Crippen LogP contribution in [0, 0.1) is 11.3 Å². The third kappa shape index (κ3) is 1.67. The number of para-hydroxylation sites is 1. The zero-order valence-electron chi connectivity index (χ0n) is 15.7. The van der Waals surface area contributed by atoms with Gasteiger partial charge in [-0.05, 0) is 31.4 Å². The second-order valence-electron chi connectivity index (χ2n) is 8.12. The van der Waals surface area contributed by atoms with E-state index in [0.717, 1.165) is 23.2 Å². The van der Waals surface area contributed by atoms with E-state index in [9.17, 15) is 9.90 Å². The standard InChI is InChI=1S/C21H26N2O4/c1-3-13-11-22-17-10-15(13)19(12-24,18(25)26-2)20-8-9-27-21(17,20)23-16-7-5-4-6-14(16)20/h3-7,15,17,22-24H,8-12H2,1-2H3/t15-,17-,19-,20-,21-/m1/s1. The van der Waals surface area contributed by atoms with Crippen molar-refractivity contribution in [3.05, 3.63) is 41.5 Å². The number of ether oxygens (including phenoxy) is 2. The maximum absolute atomic E-state index is 13.5. The number of allylic oxidation sites excluding steroid dienone is 1. The molecule has 6 heteroatoms. The first-order chi connectivity index (χ1) is 13.1. The Kier molecular flexibility index (Phi) is 3.55. The number of rotatable bonds is 2. The molecule has 144 valence electrons. The fourth-order valence-corrected chi connectivity index (χ4v) is 6.67. The molecule has 5 atom stereocenters. The molecule has 3 N–H and O–H groups in total. The van der Waals surface area contributed by atoms with Gasteiger partial charge in [0.2, 0.25) is 0 Å². The average molecular weight is 370 g/mol. The highest BCUT2D eigenvalue weighted by Crippen LogP contribution is 2.70. The van der Waals surface area contributed by atoms with Gasteiger partial charge in [-0.1, -0.05) is 29.8 Å². The topological polar surface area (TPSA) is 79.8 Å². The molecular formula is C21H26N2O4. The minimum Gasteiger partial charge on any atom is -0.468 e. The van der Waals surface area contributed by atoms with E-state index >= 15 is 0 Å². The molecule has 1 aromatic carbocycles. The Labute approximate surface area is 158 Å². The van der Waals surface area contributed by atoms with E-state index in [0.29, 0.717) is 19.6 Å². The first kappa shape index (κ1) is 17.2. The fourth-order valence-electron chi connectivity index (χ4n) is 6.67. The smallest absolute Gasteiger partial charge is 0.315 e. The number of anilines is 1. The van der Waals surface area contributed by atoms with Crippen LogP contribution in [-0.4, -0.2) is 49.7 Å². The lowest BCUT2D eigenvalue weighted by atomic mass is 9.44. The van der Waals surface area contributed by atoms with Crippen molar-refractivity contribution in [1.29, 1.82) is 0 Å². The zero-order valence-corrected chi connectivity index (χ0v) is 15.7. The van der Waals surface area contributed by atoms with Crippen molar-refractivity contribution in [3.63, 3.8) is 0 Å². The first-order valence-electron chi connectivity index (χ1n) is 9.70. The Bertz CT molecular complexity index is 839. The van der Waals surface area contributed by atoms with Crippen molar-refractivity contribution in [2.45, 2.75) is 36.9 Å². The number of methoxy groups -OCH3 is 1. The van der Waals surface area contributed by atoms with Crippen LogP contribution in [0.15, 0.2) is 35.9 Å². The average Bonchev–Trinajstić information content (AvgIpc) is 3.22. The molecule has 3 fully saturated rings. The van der Waals surface area contributed by atoms with E-state index in [2.05, 4.69) is 22.8 Å². The predicted molar refractivity (Wildman–Crippen MR) is 100 cm³/mol. The van der Waals surface area contributed by atoms with Crippen LogP contribution >= 0.6 is 0 Å². The molecule has 4 aliphatic rings. The van der Waals surface area contributed by atoms with E-state index in [4.69, 9.17) is 9.47 Å². The molecule has 27 heavy (non-hydrogen) atoms. The highest BCUT2D eigenvalue weighted by Gasteiger charge is 2.81. The van der Waals surface area contributed by atoms with Crippen molar-refractivity contribution in [1.82, 2.24) is 5.32 Å². The van der Waals surface area contributed by atoms with Crippen LogP contribution in [0.2, 0.25) is 0 Å². The Balaban J connectivity index is 1.87. The van der Waals surface area contributed by atoms with Gasteiger partial charge in [0.25, 0.3) is 0 Å². The number of nitrogens with one attached hydrogen (secondary N) is 2. The third-order valence-corrected chi connectivity index (χ3v) is 7.64. The van der Waals surface area contributed by atoms with Gasteiger partial charge in [-0.15, -0.1) is 0 Å². The monoisotopic (exact) mass is 370 g/mol. The fraction of sp³-hybridized carbons (Fsp3) is 0.571. The minimum absolute atomic E-state index is 0.0467. The summed E-state index contributed by atoms with van der Waals surface area (Å²) < 4.78 is 11.8. The Hall–Kier alpha value is -1.89. The quantitative estimate of drug-likeness (QED) is 0.542. The first-order valence-corrected chi connectivity index (χ1v) is 9.70. The molecule has 1 aliphatic carbocycles. The molecule has 2 saturated heterocycles. The maximum Gasteiger partial charge on any atom is 0.315 e. The molecule has 1 aromatic rings. The lowest BCUT2D eigenvalue weighted by Gasteiger charge is -2.62. The summed E-state index contributed by atoms with van der Waals surface area (Å²) in [6, 6.07) is 8.14. The van der Waals surface area contributed by atoms with Crippen LogP contribution in [0.3, 0.4) is 0 Å². The van der Waals surface area contributed by atoms with Gasteiger partial charge in [0.1, 0.15) is 5.41 Å². The van der Waals surface area contributed by atoms with Gasteiger partial charge in [-0.25, -0.2) is 0 Å². The van der Waals surface area contributed by atoms with Gasteiger partial charge < -0.3 is 25.2 Å². The van der Waals surface area contributed by atoms with Crippen molar-refractivity contribution < 1.29 is 19.4 Å². The summed E-state index contributed by atoms with van der Waals surface area (Å²) in [6.45, 7) is 2.96. The summed E-state index contributed by atoms with van der Waals surface area (Å²) in [5, 5.41) is 18.1. The highest BCUT2D eigenvalue weighted by atomic mass is 16.5. The molecule has 1 saturated carbocycles. The molecule has 2 bridgehead atoms. The number of aliphatic hydroxyl groups excluding tert-OH is 1. The summed E-state index contributed by atoms with van der Waals surface area (Å²) in [5.41, 5.74) is 0.658. The normalized spacial score (nSPS) is 42.9. The molecular weight excluding hydrogens is 344 g/mol. The van der Waals surface area contributed by atoms with Crippen LogP contribution < -0.4 is 10.6 Å². The predicted octanol–water partition coefficient (Wildman–Crippen LogP) is 1.56. The van der Waals surface area contributed by atoms with Crippen LogP contribution in [0.4, 0.5) is 5.69 Å². The lowest BCUT2D eigenvalue weighted by Crippen LogP contribution is -2.78. The third-order valence-electron chi connectivity index (χ3n) is 7.64. The van der Waals surface area contributed by atoms with E-state index in [1.54, 1.807) is 0 Å². The molecule has 0 radical (unpaired) electrons. The van der Waals surface area contributed by atoms with Gasteiger partial charge in [-0.3, -0.25) is 4.79 Å². The van der Waals surface area contributed by atoms with E-state index in [1.165, 1.54) is 7.11 Å². The van der Waals surface area contributed by atoms with Gasteiger partial charge in [0.05, 0.1) is 31.8 Å². The Morgan fingerprint density at radius 2 is 2.26 bits per heavy atom. The molecule has 3 aliphatic heterocycles. The molecule has 0 spiro atoms. The van der Waals surface area contributed by atoms with Crippen LogP contribution in [-0.2, 0) is 19.7 Å². The number of carbonyl (C=O) groups excluding carboxylic acids is 1. The summed E-state index contributed by atoms with van der Waals surface area (Å²) in [7, 11) is 1.42. The number of esters is 1. The molecule has 6 nitrogen and oxygen atoms in total. The van der Waals surface area contributed by atoms with Crippen molar-refractivity contribution in [3.8, 4) is 0 Å². The van der Waals surface area contributed by atoms with E-state index in [1.807, 2.05) is 25.1 Å².